The Labute approximate surface area is 190 Å². The largest absolute Gasteiger partial charge is 0.394 e. The van der Waals surface area contributed by atoms with Gasteiger partial charge in [-0.3, -0.25) is 4.79 Å². The molecule has 0 unspecified atom stereocenters. The van der Waals surface area contributed by atoms with Gasteiger partial charge in [-0.15, -0.1) is 0 Å². The highest BCUT2D eigenvalue weighted by molar-refractivity contribution is 5.95. The number of nitrogens with zero attached hydrogens (tertiary/aromatic N) is 1. The average Bonchev–Trinajstić information content (AvgIpc) is 3.27. The maximum Gasteiger partial charge on any atom is 0.254 e. The lowest BCUT2D eigenvalue weighted by atomic mass is 9.82. The molecule has 2 aliphatic heterocycles. The van der Waals surface area contributed by atoms with Crippen LogP contribution in [0.2, 0.25) is 0 Å². The summed E-state index contributed by atoms with van der Waals surface area (Å²) in [6.07, 6.45) is 0.725. The van der Waals surface area contributed by atoms with Gasteiger partial charge >= 0.3 is 0 Å². The molecule has 33 heavy (non-hydrogen) atoms. The summed E-state index contributed by atoms with van der Waals surface area (Å²) >= 11 is 0. The van der Waals surface area contributed by atoms with Crippen LogP contribution in [0.5, 0.6) is 0 Å². The molecule has 6 heteroatoms. The van der Waals surface area contributed by atoms with Crippen molar-refractivity contribution in [1.82, 2.24) is 4.90 Å². The maximum atomic E-state index is 13.8. The molecule has 3 aromatic rings. The number of amides is 1. The van der Waals surface area contributed by atoms with E-state index in [9.17, 15) is 18.7 Å². The van der Waals surface area contributed by atoms with Gasteiger partial charge in [0.15, 0.2) is 0 Å². The quantitative estimate of drug-likeness (QED) is 0.578. The van der Waals surface area contributed by atoms with Crippen LogP contribution in [-0.2, 0) is 0 Å². The second-order valence-corrected chi connectivity index (χ2v) is 8.40. The van der Waals surface area contributed by atoms with E-state index < -0.39 is 5.82 Å². The summed E-state index contributed by atoms with van der Waals surface area (Å²) in [4.78, 5) is 15.1. The minimum Gasteiger partial charge on any atom is -0.394 e. The van der Waals surface area contributed by atoms with E-state index >= 15 is 0 Å². The Bertz CT molecular complexity index is 1280. The number of benzene rings is 3. The highest BCUT2D eigenvalue weighted by Crippen LogP contribution is 2.47. The first-order valence-electron chi connectivity index (χ1n) is 10.9. The lowest BCUT2D eigenvalue weighted by Gasteiger charge is -2.39. The van der Waals surface area contributed by atoms with Crippen molar-refractivity contribution in [2.75, 3.05) is 18.5 Å². The van der Waals surface area contributed by atoms with Crippen LogP contribution in [0.25, 0.3) is 0 Å². The molecular weight excluding hydrogens is 422 g/mol. The van der Waals surface area contributed by atoms with Crippen LogP contribution in [-0.4, -0.2) is 35.1 Å². The fraction of sp³-hybridized carbons (Fsp3) is 0.222. The number of hydrogen-bond acceptors (Lipinski definition) is 3. The average molecular weight is 444 g/mol. The van der Waals surface area contributed by atoms with Gasteiger partial charge in [-0.25, -0.2) is 8.78 Å². The summed E-state index contributed by atoms with van der Waals surface area (Å²) in [6, 6.07) is 17.1. The summed E-state index contributed by atoms with van der Waals surface area (Å²) in [7, 11) is 0. The molecule has 1 amide bonds. The van der Waals surface area contributed by atoms with Crippen LogP contribution in [0.15, 0.2) is 66.7 Å². The number of aliphatic hydroxyl groups excluding tert-OH is 1. The molecule has 2 aliphatic rings. The Kier molecular flexibility index (Phi) is 5.57. The van der Waals surface area contributed by atoms with Crippen molar-refractivity contribution in [1.29, 1.82) is 0 Å². The first-order chi connectivity index (χ1) is 16.0. The Morgan fingerprint density at radius 1 is 1.00 bits per heavy atom. The van der Waals surface area contributed by atoms with Crippen LogP contribution >= 0.6 is 0 Å². The molecule has 3 atom stereocenters. The number of aliphatic hydroxyl groups is 1. The van der Waals surface area contributed by atoms with Crippen LogP contribution in [0, 0.1) is 29.4 Å². The molecular formula is C27H22F2N2O2. The van der Waals surface area contributed by atoms with Crippen molar-refractivity contribution in [2.24, 2.45) is 5.92 Å². The Balaban J connectivity index is 1.52. The standard InChI is InChI=1S/C27H22F2N2O2/c28-20-5-1-3-17(13-20)7-8-18-9-10-24-23(14-18)26-22(25(16-32)30-24)11-12-31(26)27(33)19-4-2-6-21(29)15-19/h1-6,9-10,13-15,22,25-26,30,32H,11-12,16H2/t22-,25+,26-/m0/s1. The molecule has 0 aromatic heterocycles. The van der Waals surface area contributed by atoms with Crippen molar-refractivity contribution in [2.45, 2.75) is 18.5 Å². The molecule has 4 nitrogen and oxygen atoms in total. The monoisotopic (exact) mass is 444 g/mol. The Morgan fingerprint density at radius 2 is 1.73 bits per heavy atom. The van der Waals surface area contributed by atoms with Gasteiger partial charge in [-0.2, -0.15) is 0 Å². The zero-order chi connectivity index (χ0) is 22.9. The minimum atomic E-state index is -0.453. The van der Waals surface area contributed by atoms with E-state index in [1.165, 1.54) is 30.3 Å². The predicted molar refractivity (Wildman–Crippen MR) is 122 cm³/mol. The predicted octanol–water partition coefficient (Wildman–Crippen LogP) is 4.35. The number of hydrogen-bond donors (Lipinski definition) is 2. The second-order valence-electron chi connectivity index (χ2n) is 8.40. The normalized spacial score (nSPS) is 20.8. The minimum absolute atomic E-state index is 0.0198. The van der Waals surface area contributed by atoms with Crippen molar-refractivity contribution in [3.63, 3.8) is 0 Å². The van der Waals surface area contributed by atoms with Crippen molar-refractivity contribution < 1.29 is 18.7 Å². The van der Waals surface area contributed by atoms with Gasteiger partial charge in [0.25, 0.3) is 5.91 Å². The zero-order valence-electron chi connectivity index (χ0n) is 17.8. The molecule has 0 spiro atoms. The third kappa shape index (κ3) is 4.08. The van der Waals surface area contributed by atoms with Gasteiger partial charge in [-0.05, 0) is 66.6 Å². The van der Waals surface area contributed by atoms with Gasteiger partial charge < -0.3 is 15.3 Å². The van der Waals surface area contributed by atoms with E-state index in [1.807, 2.05) is 18.2 Å². The molecule has 5 rings (SSSR count). The molecule has 1 saturated heterocycles. The molecule has 0 radical (unpaired) electrons. The Morgan fingerprint density at radius 3 is 2.45 bits per heavy atom. The highest BCUT2D eigenvalue weighted by Gasteiger charge is 2.45. The third-order valence-corrected chi connectivity index (χ3v) is 6.38. The fourth-order valence-electron chi connectivity index (χ4n) is 4.87. The van der Waals surface area contributed by atoms with Gasteiger partial charge in [-0.1, -0.05) is 24.0 Å². The number of likely N-dealkylation sites (tertiary alicyclic amines) is 1. The zero-order valence-corrected chi connectivity index (χ0v) is 17.8. The fourth-order valence-corrected chi connectivity index (χ4v) is 4.87. The lowest BCUT2D eigenvalue weighted by molar-refractivity contribution is 0.0700. The van der Waals surface area contributed by atoms with Crippen LogP contribution in [0.1, 0.15) is 39.5 Å². The van der Waals surface area contributed by atoms with E-state index in [4.69, 9.17) is 0 Å². The van der Waals surface area contributed by atoms with E-state index in [0.29, 0.717) is 17.7 Å². The molecule has 0 bridgehead atoms. The summed E-state index contributed by atoms with van der Waals surface area (Å²) in [5.41, 5.74) is 3.38. The number of fused-ring (bicyclic) bond motifs is 3. The van der Waals surface area contributed by atoms with Crippen LogP contribution in [0.4, 0.5) is 14.5 Å². The van der Waals surface area contributed by atoms with Crippen LogP contribution in [0.3, 0.4) is 0 Å². The topological polar surface area (TPSA) is 52.6 Å². The van der Waals surface area contributed by atoms with Crippen LogP contribution < -0.4 is 5.32 Å². The number of nitrogens with one attached hydrogen (secondary N) is 1. The number of rotatable bonds is 2. The van der Waals surface area contributed by atoms with E-state index in [2.05, 4.69) is 17.2 Å². The number of anilines is 1. The van der Waals surface area contributed by atoms with Gasteiger partial charge in [0.2, 0.25) is 0 Å². The number of halogens is 2. The lowest BCUT2D eigenvalue weighted by Crippen LogP contribution is -2.42. The van der Waals surface area contributed by atoms with Gasteiger partial charge in [0, 0.05) is 34.8 Å². The first kappa shape index (κ1) is 21.2. The number of carbonyl (C=O) groups is 1. The number of carbonyl (C=O) groups excluding carboxylic acids is 1. The van der Waals surface area contributed by atoms with E-state index in [0.717, 1.165) is 23.2 Å². The molecule has 0 aliphatic carbocycles. The van der Waals surface area contributed by atoms with Crippen molar-refractivity contribution in [3.05, 3.63) is 101 Å². The molecule has 2 heterocycles. The SMILES string of the molecule is O=C(c1cccc(F)c1)N1CC[C@@H]2[C@H]1c1cc(C#Cc3cccc(F)c3)ccc1N[C@@H]2CO. The van der Waals surface area contributed by atoms with Gasteiger partial charge in [0.05, 0.1) is 18.7 Å². The van der Waals surface area contributed by atoms with Gasteiger partial charge in [0.1, 0.15) is 11.6 Å². The molecule has 2 N–H and O–H groups in total. The van der Waals surface area contributed by atoms with E-state index in [1.54, 1.807) is 23.1 Å². The maximum absolute atomic E-state index is 13.8. The molecule has 3 aromatic carbocycles. The smallest absolute Gasteiger partial charge is 0.254 e. The summed E-state index contributed by atoms with van der Waals surface area (Å²) < 4.78 is 27.2. The highest BCUT2D eigenvalue weighted by atomic mass is 19.1. The molecule has 166 valence electrons. The van der Waals surface area contributed by atoms with Crippen molar-refractivity contribution >= 4 is 11.6 Å². The van der Waals surface area contributed by atoms with Crippen molar-refractivity contribution in [3.8, 4) is 11.8 Å². The second kappa shape index (κ2) is 8.68. The van der Waals surface area contributed by atoms with E-state index in [-0.39, 0.29) is 36.3 Å². The summed E-state index contributed by atoms with van der Waals surface area (Å²) in [5.74, 6) is 5.05. The first-order valence-corrected chi connectivity index (χ1v) is 10.9. The summed E-state index contributed by atoms with van der Waals surface area (Å²) in [6.45, 7) is 0.464. The molecule has 1 fully saturated rings. The molecule has 0 saturated carbocycles. The Hall–Kier alpha value is -3.69. The summed E-state index contributed by atoms with van der Waals surface area (Å²) in [5, 5.41) is 13.3. The third-order valence-electron chi connectivity index (χ3n) is 6.38.